The van der Waals surface area contributed by atoms with Crippen molar-refractivity contribution in [3.8, 4) is 11.3 Å². The van der Waals surface area contributed by atoms with Crippen molar-refractivity contribution in [3.05, 3.63) is 137 Å². The lowest BCUT2D eigenvalue weighted by Gasteiger charge is -2.21. The van der Waals surface area contributed by atoms with Gasteiger partial charge < -0.3 is 0 Å². The summed E-state index contributed by atoms with van der Waals surface area (Å²) in [5, 5.41) is 9.81. The summed E-state index contributed by atoms with van der Waals surface area (Å²) >= 11 is 1.53. The highest BCUT2D eigenvalue weighted by molar-refractivity contribution is 7.14. The van der Waals surface area contributed by atoms with E-state index in [-0.39, 0.29) is 17.9 Å². The fraction of sp³-hybridized carbons (Fsp3) is 0.0625. The largest absolute Gasteiger partial charge is 0.268 e. The number of hydrogen-bond acceptors (Lipinski definition) is 6. The second kappa shape index (κ2) is 9.45. The molecule has 7 heteroatoms. The Morgan fingerprint density at radius 1 is 0.718 bits per heavy atom. The lowest BCUT2D eigenvalue weighted by Crippen LogP contribution is -2.29. The molecule has 0 radical (unpaired) electrons. The number of thiazole rings is 1. The zero-order valence-electron chi connectivity index (χ0n) is 20.8. The van der Waals surface area contributed by atoms with Crippen LogP contribution in [0.15, 0.2) is 120 Å². The molecule has 0 fully saturated rings. The van der Waals surface area contributed by atoms with Crippen LogP contribution in [0.5, 0.6) is 0 Å². The van der Waals surface area contributed by atoms with E-state index in [9.17, 15) is 9.59 Å². The number of rotatable bonds is 5. The number of hydrazone groups is 1. The van der Waals surface area contributed by atoms with Crippen LogP contribution in [0.3, 0.4) is 0 Å². The summed E-state index contributed by atoms with van der Waals surface area (Å²) < 4.78 is 0. The van der Waals surface area contributed by atoms with Gasteiger partial charge in [0.25, 0.3) is 11.8 Å². The summed E-state index contributed by atoms with van der Waals surface area (Å²) in [6, 6.07) is 35.0. The predicted molar refractivity (Wildman–Crippen MR) is 154 cm³/mol. The van der Waals surface area contributed by atoms with Gasteiger partial charge in [0, 0.05) is 17.4 Å². The quantitative estimate of drug-likeness (QED) is 0.232. The first-order chi connectivity index (χ1) is 19.2. The van der Waals surface area contributed by atoms with Crippen molar-refractivity contribution in [3.63, 3.8) is 0 Å². The maximum atomic E-state index is 13.0. The Morgan fingerprint density at radius 3 is 2.08 bits per heavy atom. The Balaban J connectivity index is 1.22. The van der Waals surface area contributed by atoms with Gasteiger partial charge in [-0.1, -0.05) is 84.9 Å². The van der Waals surface area contributed by atoms with Gasteiger partial charge in [-0.25, -0.2) is 14.9 Å². The van der Waals surface area contributed by atoms with Crippen LogP contribution in [0.4, 0.5) is 10.8 Å². The van der Waals surface area contributed by atoms with E-state index in [1.807, 2.05) is 65.0 Å². The van der Waals surface area contributed by atoms with Crippen molar-refractivity contribution in [1.82, 2.24) is 4.98 Å². The van der Waals surface area contributed by atoms with Gasteiger partial charge in [0.2, 0.25) is 5.13 Å². The van der Waals surface area contributed by atoms with E-state index in [0.717, 1.165) is 34.1 Å². The van der Waals surface area contributed by atoms with Gasteiger partial charge >= 0.3 is 0 Å². The first kappa shape index (κ1) is 23.3. The third kappa shape index (κ3) is 4.04. The molecule has 1 aromatic heterocycles. The summed E-state index contributed by atoms with van der Waals surface area (Å²) in [5.41, 5.74) is 6.28. The number of aromatic nitrogens is 1. The second-order valence-electron chi connectivity index (χ2n) is 9.44. The highest BCUT2D eigenvalue weighted by atomic mass is 32.1. The smallest absolute Gasteiger partial charge is 0.266 e. The Bertz CT molecular complexity index is 1710. The number of hydrogen-bond donors (Lipinski definition) is 0. The van der Waals surface area contributed by atoms with Gasteiger partial charge in [-0.05, 0) is 35.4 Å². The molecule has 5 aromatic rings. The molecule has 2 amide bonds. The molecule has 0 N–H and O–H groups in total. The molecule has 2 aliphatic rings. The summed E-state index contributed by atoms with van der Waals surface area (Å²) in [5.74, 6) is -0.616. The molecule has 6 nitrogen and oxygen atoms in total. The molecule has 39 heavy (non-hydrogen) atoms. The average molecular weight is 527 g/mol. The second-order valence-corrected chi connectivity index (χ2v) is 10.3. The predicted octanol–water partition coefficient (Wildman–Crippen LogP) is 6.97. The SMILES string of the molecule is O=C1c2ccccc2C(=O)N1c1cccc(-c2csc(N3N=C(c4ccccc4)CC3c3ccccc3)n2)c1. The van der Waals surface area contributed by atoms with E-state index in [0.29, 0.717) is 16.8 Å². The number of fused-ring (bicyclic) bond motifs is 1. The van der Waals surface area contributed by atoms with E-state index >= 15 is 0 Å². The number of carbonyl (C=O) groups is 2. The van der Waals surface area contributed by atoms with Crippen LogP contribution in [0, 0.1) is 0 Å². The van der Waals surface area contributed by atoms with E-state index in [2.05, 4.69) is 24.3 Å². The first-order valence-electron chi connectivity index (χ1n) is 12.7. The number of amides is 2. The summed E-state index contributed by atoms with van der Waals surface area (Å²) in [6.45, 7) is 0. The molecule has 0 aliphatic carbocycles. The molecule has 1 unspecified atom stereocenters. The van der Waals surface area contributed by atoms with Gasteiger partial charge in [0.05, 0.1) is 34.3 Å². The van der Waals surface area contributed by atoms with Crippen LogP contribution in [0.1, 0.15) is 44.3 Å². The lowest BCUT2D eigenvalue weighted by atomic mass is 9.99. The van der Waals surface area contributed by atoms with Crippen molar-refractivity contribution in [2.45, 2.75) is 12.5 Å². The molecule has 2 aliphatic heterocycles. The molecule has 3 heterocycles. The zero-order chi connectivity index (χ0) is 26.3. The Kier molecular flexibility index (Phi) is 5.64. The maximum Gasteiger partial charge on any atom is 0.266 e. The van der Waals surface area contributed by atoms with Crippen LogP contribution in [0.25, 0.3) is 11.3 Å². The molecular weight excluding hydrogens is 504 g/mol. The fourth-order valence-electron chi connectivity index (χ4n) is 5.16. The summed E-state index contributed by atoms with van der Waals surface area (Å²) in [7, 11) is 0. The minimum Gasteiger partial charge on any atom is -0.268 e. The molecule has 0 bridgehead atoms. The number of imide groups is 1. The number of benzene rings is 4. The van der Waals surface area contributed by atoms with Gasteiger partial charge in [0.1, 0.15) is 0 Å². The number of carbonyl (C=O) groups excluding carboxylic acids is 2. The van der Waals surface area contributed by atoms with Gasteiger partial charge in [-0.3, -0.25) is 9.59 Å². The van der Waals surface area contributed by atoms with Crippen molar-refractivity contribution >= 4 is 39.7 Å². The monoisotopic (exact) mass is 526 g/mol. The Labute approximate surface area is 229 Å². The first-order valence-corrected chi connectivity index (χ1v) is 13.6. The van der Waals surface area contributed by atoms with E-state index in [4.69, 9.17) is 10.1 Å². The summed E-state index contributed by atoms with van der Waals surface area (Å²) in [6.07, 6.45) is 0.776. The van der Waals surface area contributed by atoms with Crippen LogP contribution < -0.4 is 9.91 Å². The zero-order valence-corrected chi connectivity index (χ0v) is 21.6. The normalized spacial score (nSPS) is 16.5. The standard InChI is InChI=1S/C32H22N4O2S/c37-30-25-16-7-8-17-26(25)31(38)35(30)24-15-9-14-23(18-24)28-20-39-32(33-28)36-29(22-12-5-2-6-13-22)19-27(34-36)21-10-3-1-4-11-21/h1-18,20,29H,19H2. The molecule has 188 valence electrons. The van der Waals surface area contributed by atoms with E-state index in [1.54, 1.807) is 30.3 Å². The third-order valence-electron chi connectivity index (χ3n) is 7.08. The minimum atomic E-state index is -0.308. The van der Waals surface area contributed by atoms with Crippen molar-refractivity contribution in [1.29, 1.82) is 0 Å². The Hall–Kier alpha value is -4.88. The molecule has 0 saturated heterocycles. The Morgan fingerprint density at radius 2 is 1.36 bits per heavy atom. The number of nitrogens with zero attached hydrogens (tertiary/aromatic N) is 4. The van der Waals surface area contributed by atoms with Crippen LogP contribution in [-0.2, 0) is 0 Å². The molecular formula is C32H22N4O2S. The highest BCUT2D eigenvalue weighted by Crippen LogP contribution is 2.40. The number of anilines is 2. The van der Waals surface area contributed by atoms with E-state index < -0.39 is 0 Å². The van der Waals surface area contributed by atoms with E-state index in [1.165, 1.54) is 21.8 Å². The topological polar surface area (TPSA) is 65.9 Å². The van der Waals surface area contributed by atoms with Crippen molar-refractivity contribution < 1.29 is 9.59 Å². The van der Waals surface area contributed by atoms with Crippen LogP contribution in [0.2, 0.25) is 0 Å². The van der Waals surface area contributed by atoms with Crippen LogP contribution >= 0.6 is 11.3 Å². The van der Waals surface area contributed by atoms with Gasteiger partial charge in [-0.2, -0.15) is 5.10 Å². The molecule has 4 aromatic carbocycles. The molecule has 7 rings (SSSR count). The summed E-state index contributed by atoms with van der Waals surface area (Å²) in [4.78, 5) is 32.2. The van der Waals surface area contributed by atoms with Gasteiger partial charge in [-0.15, -0.1) is 11.3 Å². The molecule has 1 atom stereocenters. The third-order valence-corrected chi connectivity index (χ3v) is 7.91. The lowest BCUT2D eigenvalue weighted by molar-refractivity contribution is 0.0926. The van der Waals surface area contributed by atoms with Crippen molar-refractivity contribution in [2.75, 3.05) is 9.91 Å². The average Bonchev–Trinajstić information content (AvgIpc) is 3.71. The van der Waals surface area contributed by atoms with Gasteiger partial charge in [0.15, 0.2) is 0 Å². The maximum absolute atomic E-state index is 13.0. The molecule has 0 saturated carbocycles. The highest BCUT2D eigenvalue weighted by Gasteiger charge is 2.36. The minimum absolute atomic E-state index is 0.0325. The van der Waals surface area contributed by atoms with Crippen LogP contribution in [-0.4, -0.2) is 22.5 Å². The van der Waals surface area contributed by atoms with Crippen molar-refractivity contribution in [2.24, 2.45) is 5.10 Å². The molecule has 0 spiro atoms. The fourth-order valence-corrected chi connectivity index (χ4v) is 5.99.